The maximum Gasteiger partial charge on any atom is 0.0874 e. The molecule has 1 fully saturated rings. The Kier molecular flexibility index (Phi) is 5.13. The molecule has 102 valence electrons. The van der Waals surface area contributed by atoms with Crippen LogP contribution in [0.3, 0.4) is 0 Å². The molecule has 1 aliphatic rings. The van der Waals surface area contributed by atoms with Crippen LogP contribution in [0.25, 0.3) is 0 Å². The molecule has 18 heavy (non-hydrogen) atoms. The molecule has 1 aliphatic carbocycles. The van der Waals surface area contributed by atoms with E-state index in [9.17, 15) is 0 Å². The molecule has 0 bridgehead atoms. The highest BCUT2D eigenvalue weighted by atomic mass is 16.5. The van der Waals surface area contributed by atoms with Gasteiger partial charge < -0.3 is 10.5 Å². The lowest BCUT2D eigenvalue weighted by Gasteiger charge is -2.13. The molecule has 2 N–H and O–H groups in total. The molecule has 1 heterocycles. The van der Waals surface area contributed by atoms with Gasteiger partial charge in [-0.1, -0.05) is 18.1 Å². The first kappa shape index (κ1) is 13.5. The van der Waals surface area contributed by atoms with E-state index in [2.05, 4.69) is 10.3 Å². The fraction of sp³-hybridized carbons (Fsp3) is 0.846. The van der Waals surface area contributed by atoms with Gasteiger partial charge in [0.1, 0.15) is 0 Å². The highest BCUT2D eigenvalue weighted by molar-refractivity contribution is 5.17. The van der Waals surface area contributed by atoms with Crippen molar-refractivity contribution in [2.24, 2.45) is 5.73 Å². The fourth-order valence-electron chi connectivity index (χ4n) is 2.78. The number of nitrogens with zero attached hydrogens (tertiary/aromatic N) is 3. The molecular formula is C13H24N4O. The summed E-state index contributed by atoms with van der Waals surface area (Å²) in [7, 11) is 0. The molecule has 0 aliphatic heterocycles. The summed E-state index contributed by atoms with van der Waals surface area (Å²) in [4.78, 5) is 0. The molecule has 1 saturated carbocycles. The largest absolute Gasteiger partial charge is 0.380 e. The second kappa shape index (κ2) is 6.85. The third-order valence-corrected chi connectivity index (χ3v) is 3.62. The van der Waals surface area contributed by atoms with E-state index in [4.69, 9.17) is 10.5 Å². The summed E-state index contributed by atoms with van der Waals surface area (Å²) >= 11 is 0. The normalized spacial score (nSPS) is 16.6. The minimum Gasteiger partial charge on any atom is -0.380 e. The summed E-state index contributed by atoms with van der Waals surface area (Å²) < 4.78 is 7.45. The number of rotatable bonds is 7. The minimum absolute atomic E-state index is 0.628. The van der Waals surface area contributed by atoms with Crippen LogP contribution >= 0.6 is 0 Å². The Morgan fingerprint density at radius 1 is 1.39 bits per heavy atom. The second-order valence-corrected chi connectivity index (χ2v) is 4.86. The summed E-state index contributed by atoms with van der Waals surface area (Å²) in [5, 5.41) is 8.59. The molecule has 0 radical (unpaired) electrons. The van der Waals surface area contributed by atoms with Crippen LogP contribution in [0, 0.1) is 0 Å². The Morgan fingerprint density at radius 2 is 2.17 bits per heavy atom. The molecule has 0 amide bonds. The van der Waals surface area contributed by atoms with E-state index in [0.717, 1.165) is 25.3 Å². The second-order valence-electron chi connectivity index (χ2n) is 4.86. The van der Waals surface area contributed by atoms with Crippen LogP contribution in [0.4, 0.5) is 0 Å². The lowest BCUT2D eigenvalue weighted by Crippen LogP contribution is -2.14. The Balaban J connectivity index is 2.11. The Morgan fingerprint density at radius 3 is 2.83 bits per heavy atom. The SMILES string of the molecule is CCOCCn1nnc(CCN)c1C1CCCC1. The van der Waals surface area contributed by atoms with Gasteiger partial charge in [0.25, 0.3) is 0 Å². The van der Waals surface area contributed by atoms with E-state index < -0.39 is 0 Å². The topological polar surface area (TPSA) is 66.0 Å². The molecule has 0 spiro atoms. The van der Waals surface area contributed by atoms with Crippen molar-refractivity contribution >= 4 is 0 Å². The van der Waals surface area contributed by atoms with Crippen molar-refractivity contribution in [3.63, 3.8) is 0 Å². The van der Waals surface area contributed by atoms with Gasteiger partial charge in [0.2, 0.25) is 0 Å². The van der Waals surface area contributed by atoms with Crippen LogP contribution in [-0.4, -0.2) is 34.8 Å². The number of aromatic nitrogens is 3. The van der Waals surface area contributed by atoms with Gasteiger partial charge in [-0.15, -0.1) is 5.10 Å². The Bertz CT molecular complexity index is 358. The maximum absolute atomic E-state index is 5.66. The maximum atomic E-state index is 5.66. The molecular weight excluding hydrogens is 228 g/mol. The predicted molar refractivity (Wildman–Crippen MR) is 70.5 cm³/mol. The smallest absolute Gasteiger partial charge is 0.0874 e. The molecule has 5 heteroatoms. The van der Waals surface area contributed by atoms with Gasteiger partial charge in [-0.25, -0.2) is 4.68 Å². The van der Waals surface area contributed by atoms with Crippen LogP contribution in [0.15, 0.2) is 0 Å². The van der Waals surface area contributed by atoms with E-state index in [1.54, 1.807) is 0 Å². The molecule has 1 aromatic rings. The highest BCUT2D eigenvalue weighted by Crippen LogP contribution is 2.35. The Labute approximate surface area is 109 Å². The van der Waals surface area contributed by atoms with Gasteiger partial charge in [0.15, 0.2) is 0 Å². The number of hydrogen-bond donors (Lipinski definition) is 1. The van der Waals surface area contributed by atoms with Crippen molar-refractivity contribution in [3.8, 4) is 0 Å². The first-order valence-corrected chi connectivity index (χ1v) is 7.06. The number of hydrogen-bond acceptors (Lipinski definition) is 4. The summed E-state index contributed by atoms with van der Waals surface area (Å²) in [6.45, 7) is 4.92. The molecule has 0 aromatic carbocycles. The van der Waals surface area contributed by atoms with E-state index in [1.807, 2.05) is 11.6 Å². The van der Waals surface area contributed by atoms with E-state index >= 15 is 0 Å². The van der Waals surface area contributed by atoms with Gasteiger partial charge in [0.05, 0.1) is 24.5 Å². The summed E-state index contributed by atoms with van der Waals surface area (Å²) in [6.07, 6.45) is 6.01. The fourth-order valence-corrected chi connectivity index (χ4v) is 2.78. The summed E-state index contributed by atoms with van der Waals surface area (Å²) in [6, 6.07) is 0. The number of ether oxygens (including phenoxy) is 1. The summed E-state index contributed by atoms with van der Waals surface area (Å²) in [5.41, 5.74) is 8.07. The molecule has 5 nitrogen and oxygen atoms in total. The molecule has 0 atom stereocenters. The van der Waals surface area contributed by atoms with Gasteiger partial charge in [-0.2, -0.15) is 0 Å². The van der Waals surface area contributed by atoms with Crippen molar-refractivity contribution < 1.29 is 4.74 Å². The van der Waals surface area contributed by atoms with Crippen molar-refractivity contribution in [1.82, 2.24) is 15.0 Å². The average Bonchev–Trinajstić information content (AvgIpc) is 2.99. The van der Waals surface area contributed by atoms with E-state index in [-0.39, 0.29) is 0 Å². The van der Waals surface area contributed by atoms with E-state index in [0.29, 0.717) is 19.1 Å². The molecule has 2 rings (SSSR count). The van der Waals surface area contributed by atoms with Crippen LogP contribution in [0.2, 0.25) is 0 Å². The van der Waals surface area contributed by atoms with Crippen LogP contribution < -0.4 is 5.73 Å². The van der Waals surface area contributed by atoms with Crippen molar-refractivity contribution in [2.45, 2.75) is 51.5 Å². The quantitative estimate of drug-likeness (QED) is 0.746. The van der Waals surface area contributed by atoms with Gasteiger partial charge >= 0.3 is 0 Å². The zero-order valence-electron chi connectivity index (χ0n) is 11.3. The number of nitrogens with two attached hydrogens (primary N) is 1. The van der Waals surface area contributed by atoms with Gasteiger partial charge in [-0.05, 0) is 26.3 Å². The first-order chi connectivity index (χ1) is 8.86. The van der Waals surface area contributed by atoms with Gasteiger partial charge in [0, 0.05) is 18.9 Å². The van der Waals surface area contributed by atoms with Gasteiger partial charge in [-0.3, -0.25) is 0 Å². The lowest BCUT2D eigenvalue weighted by molar-refractivity contribution is 0.134. The molecule has 0 saturated heterocycles. The highest BCUT2D eigenvalue weighted by Gasteiger charge is 2.25. The average molecular weight is 252 g/mol. The predicted octanol–water partition coefficient (Wildman–Crippen LogP) is 1.47. The van der Waals surface area contributed by atoms with Crippen LogP contribution in [-0.2, 0) is 17.7 Å². The molecule has 1 aromatic heterocycles. The van der Waals surface area contributed by atoms with Crippen molar-refractivity contribution in [3.05, 3.63) is 11.4 Å². The lowest BCUT2D eigenvalue weighted by atomic mass is 10.0. The van der Waals surface area contributed by atoms with Crippen LogP contribution in [0.5, 0.6) is 0 Å². The molecule has 0 unspecified atom stereocenters. The van der Waals surface area contributed by atoms with Crippen molar-refractivity contribution in [1.29, 1.82) is 0 Å². The Hall–Kier alpha value is -0.940. The zero-order chi connectivity index (χ0) is 12.8. The first-order valence-electron chi connectivity index (χ1n) is 7.06. The van der Waals surface area contributed by atoms with E-state index in [1.165, 1.54) is 31.4 Å². The third kappa shape index (κ3) is 3.09. The monoisotopic (exact) mass is 252 g/mol. The standard InChI is InChI=1S/C13H24N4O/c1-2-18-10-9-17-13(11-5-3-4-6-11)12(7-8-14)15-16-17/h11H,2-10,14H2,1H3. The summed E-state index contributed by atoms with van der Waals surface area (Å²) in [5.74, 6) is 0.628. The van der Waals surface area contributed by atoms with Crippen molar-refractivity contribution in [2.75, 3.05) is 19.8 Å². The zero-order valence-corrected chi connectivity index (χ0v) is 11.3. The van der Waals surface area contributed by atoms with Crippen LogP contribution in [0.1, 0.15) is 49.9 Å². The minimum atomic E-state index is 0.628. The third-order valence-electron chi connectivity index (χ3n) is 3.62.